The highest BCUT2D eigenvalue weighted by Crippen LogP contribution is 2.38. The standard InChI is InChI=1S/C20H22N8O3.C14H14BNO4.C14H18N8O2.C9H16BNO2.2C6H11BO2/c1-4-15-16(30-25-12(2)3)9-17(29-15)27-11-23-18-19(27)21-10-22-20(18)31-28-14-8-6-5-7-13(14)24-26-28;1-2-10-11(7-12(15)19-10)20-16-13(17)8-5-3-4-6-9(8)14(16)18;1-4-9-10(24-20-8(2)3)5-11(23-9)22-7-18-12-13(19-21-15)16-6-17-14(12)22;1-4-7-8(5-9(10)12-7)13-11-6(2)3;2*1-2-5-4(8)3-6(7)9-5/h5-8,10-11,15-17H,4,9H2,1-3H3;3-6,10-12H,2,7H2,1H3;6-7,9-11H,4-5H2,1-3H3;7-9H,4-5H2,1-3H3;2*4-6,8H,2-3H2,1H3/t15-,16-,17-;10-,11-,12-;9-,10-,11-;7-,8-,9-;4-,5+,6+;4-,5-,6-/m111101/s1. The second-order valence-electron chi connectivity index (χ2n) is 26.5. The molecule has 37 heteroatoms. The summed E-state index contributed by atoms with van der Waals surface area (Å²) in [6, 6.07) is 13.1. The fourth-order valence-corrected chi connectivity index (χ4v) is 12.6. The predicted octanol–water partition coefficient (Wildman–Crippen LogP) is 8.96. The summed E-state index contributed by atoms with van der Waals surface area (Å²) in [6.45, 7) is 23.4. The van der Waals surface area contributed by atoms with Crippen molar-refractivity contribution in [3.63, 3.8) is 0 Å². The number of amides is 2. The van der Waals surface area contributed by atoms with Crippen LogP contribution in [0.25, 0.3) is 43.8 Å². The molecule has 6 fully saturated rings. The summed E-state index contributed by atoms with van der Waals surface area (Å²) in [7, 11) is 22.2. The van der Waals surface area contributed by atoms with Crippen LogP contribution >= 0.6 is 0 Å². The summed E-state index contributed by atoms with van der Waals surface area (Å²) >= 11 is 0. The van der Waals surface area contributed by atoms with E-state index in [0.29, 0.717) is 72.0 Å². The summed E-state index contributed by atoms with van der Waals surface area (Å²) < 4.78 is 37.2. The maximum absolute atomic E-state index is 12.2. The third-order valence-corrected chi connectivity index (χ3v) is 17.8. The first-order valence-electron chi connectivity index (χ1n) is 35.9. The lowest BCUT2D eigenvalue weighted by atomic mass is 9.96. The van der Waals surface area contributed by atoms with Crippen LogP contribution in [-0.4, -0.2) is 227 Å². The predicted molar refractivity (Wildman–Crippen MR) is 393 cm³/mol. The van der Waals surface area contributed by atoms with Crippen molar-refractivity contribution in [2.75, 3.05) is 0 Å². The highest BCUT2D eigenvalue weighted by atomic mass is 16.7. The maximum atomic E-state index is 12.2. The number of hydroxylamine groups is 2. The second kappa shape index (κ2) is 38.9. The van der Waals surface area contributed by atoms with E-state index in [4.69, 9.17) is 99.7 Å². The minimum atomic E-state index is -0.430. The molecule has 8 radical (unpaired) electrons. The van der Waals surface area contributed by atoms with Crippen molar-refractivity contribution < 1.29 is 72.4 Å². The van der Waals surface area contributed by atoms with Gasteiger partial charge in [0.1, 0.15) is 79.1 Å². The number of azide groups is 1. The Bertz CT molecular complexity index is 4100. The molecule has 2 amide bonds. The van der Waals surface area contributed by atoms with E-state index < -0.39 is 17.8 Å². The number of ether oxygens (including phenoxy) is 6. The summed E-state index contributed by atoms with van der Waals surface area (Å²) in [5.74, 6) is -0.379. The summed E-state index contributed by atoms with van der Waals surface area (Å²) in [4.78, 5) is 82.1. The molecule has 0 aliphatic carbocycles. The molecule has 560 valence electrons. The second-order valence-corrected chi connectivity index (χ2v) is 26.5. The Labute approximate surface area is 620 Å². The molecule has 0 spiro atoms. The van der Waals surface area contributed by atoms with Crippen LogP contribution in [0.5, 0.6) is 5.88 Å². The number of nitrogens with zero attached hydrogens (tertiary/aromatic N) is 18. The summed E-state index contributed by atoms with van der Waals surface area (Å²) in [6.07, 6.45) is 12.5. The molecule has 7 aromatic rings. The molecule has 14 rings (SSSR count). The number of benzene rings is 2. The number of carbonyl (C=O) groups excluding carboxylic acids is 2. The molecule has 5 aromatic heterocycles. The molecule has 6 saturated heterocycles. The fraction of sp³-hybridized carbons (Fsp3) is 0.609. The van der Waals surface area contributed by atoms with E-state index in [-0.39, 0.29) is 115 Å². The third kappa shape index (κ3) is 20.8. The minimum absolute atomic E-state index is 0.0231. The van der Waals surface area contributed by atoms with Gasteiger partial charge in [0.05, 0.1) is 89.7 Å². The van der Waals surface area contributed by atoms with Crippen LogP contribution in [0.2, 0.25) is 0 Å². The van der Waals surface area contributed by atoms with Gasteiger partial charge in [-0.05, 0) is 139 Å². The van der Waals surface area contributed by atoms with E-state index in [1.807, 2.05) is 103 Å². The van der Waals surface area contributed by atoms with Crippen molar-refractivity contribution in [2.24, 2.45) is 20.6 Å². The van der Waals surface area contributed by atoms with E-state index >= 15 is 0 Å². The Kier molecular flexibility index (Phi) is 29.9. The lowest BCUT2D eigenvalue weighted by Crippen LogP contribution is -2.37. The van der Waals surface area contributed by atoms with Crippen molar-refractivity contribution in [3.8, 4) is 5.88 Å². The molecule has 33 nitrogen and oxygen atoms in total. The topological polar surface area (TPSA) is 383 Å². The Hall–Kier alpha value is -8.50. The molecule has 12 heterocycles. The average Bonchev–Trinajstić information content (AvgIpc) is 1.64. The van der Waals surface area contributed by atoms with Crippen LogP contribution in [0.3, 0.4) is 0 Å². The van der Waals surface area contributed by atoms with Gasteiger partial charge in [-0.3, -0.25) is 23.6 Å². The summed E-state index contributed by atoms with van der Waals surface area (Å²) in [5.41, 5.74) is 15.5. The van der Waals surface area contributed by atoms with Crippen molar-refractivity contribution in [1.29, 1.82) is 0 Å². The summed E-state index contributed by atoms with van der Waals surface area (Å²) in [5, 5.41) is 42.9. The normalized spacial score (nSPS) is 28.3. The number of aromatic nitrogens is 11. The van der Waals surface area contributed by atoms with E-state index in [0.717, 1.165) is 71.8 Å². The maximum Gasteiger partial charge on any atom is 0.285 e. The Morgan fingerprint density at radius 3 is 1.41 bits per heavy atom. The monoisotopic (exact) mass is 1460 g/mol. The van der Waals surface area contributed by atoms with Crippen LogP contribution < -0.4 is 4.84 Å². The first kappa shape index (κ1) is 81.6. The number of rotatable bonds is 19. The molecule has 2 N–H and O–H groups in total. The molecule has 7 aliphatic rings. The molecule has 18 atom stereocenters. The van der Waals surface area contributed by atoms with E-state index in [1.165, 1.54) is 17.5 Å². The number of para-hydroxylation sites is 1. The molecule has 2 aromatic carbocycles. The Balaban J connectivity index is 0.000000156. The van der Waals surface area contributed by atoms with Crippen molar-refractivity contribution >= 4 is 99.5 Å². The van der Waals surface area contributed by atoms with Crippen molar-refractivity contribution in [1.82, 2.24) is 59.3 Å². The van der Waals surface area contributed by atoms with Crippen LogP contribution in [0.15, 0.2) is 94.4 Å². The number of imide groups is 1. The van der Waals surface area contributed by atoms with Gasteiger partial charge in [-0.25, -0.2) is 24.9 Å². The smallest absolute Gasteiger partial charge is 0.285 e. The SMILES string of the molecule is CC[C@H]1O[C@@H](n2cnc3c(N=[N+]=[N-])ncnc32)C[C@H]1ON=C(C)C.CC[C@H]1O[C@@H](n2cnc3c(On4nnc5ccccc54)ncnc32)C[C@H]1ON=C(C)C.[B][C@H]1C[C@@H](O)[C@@H](CC)O1.[B][C@H]1C[C@@H](ON2C(=O)c3ccccc3C2=O)[C@@H](CC)O1.[B][C@H]1C[C@@H](ON=C(C)C)[C@@H](CC)O1.[B][C@H]1C[C@H](O)[C@@H](CC)O1. The number of fused-ring (bicyclic) bond motifs is 4. The van der Waals surface area contributed by atoms with Gasteiger partial charge in [-0.2, -0.15) is 4.98 Å². The zero-order valence-electron chi connectivity index (χ0n) is 61.9. The third-order valence-electron chi connectivity index (χ3n) is 17.8. The highest BCUT2D eigenvalue weighted by molar-refractivity contribution is 6.20. The number of aliphatic hydroxyl groups is 2. The molecular formula is C69H92B4N18O15. The van der Waals surface area contributed by atoms with Gasteiger partial charge in [0.2, 0.25) is 0 Å². The fourth-order valence-electron chi connectivity index (χ4n) is 12.6. The average molecular weight is 1460 g/mol. The molecule has 0 unspecified atom stereocenters. The van der Waals surface area contributed by atoms with Gasteiger partial charge in [-0.15, -0.1) is 10.2 Å². The van der Waals surface area contributed by atoms with E-state index in [1.54, 1.807) is 36.9 Å². The van der Waals surface area contributed by atoms with Gasteiger partial charge in [0.25, 0.3) is 17.7 Å². The Morgan fingerprint density at radius 2 is 0.943 bits per heavy atom. The number of aliphatic hydroxyl groups excluding tert-OH is 2. The van der Waals surface area contributed by atoms with Gasteiger partial charge in [0.15, 0.2) is 40.9 Å². The van der Waals surface area contributed by atoms with Gasteiger partial charge < -0.3 is 58.0 Å². The zero-order chi connectivity index (χ0) is 76.3. The van der Waals surface area contributed by atoms with Crippen molar-refractivity contribution in [3.05, 3.63) is 95.4 Å². The van der Waals surface area contributed by atoms with Crippen molar-refractivity contribution in [2.45, 2.75) is 270 Å². The van der Waals surface area contributed by atoms with Gasteiger partial charge in [-0.1, -0.05) is 86.1 Å². The minimum Gasteiger partial charge on any atom is -0.390 e. The van der Waals surface area contributed by atoms with Crippen LogP contribution in [0.4, 0.5) is 5.82 Å². The molecular weight excluding hydrogens is 1360 g/mol. The number of hydrogen-bond acceptors (Lipinski definition) is 27. The van der Waals surface area contributed by atoms with Crippen LogP contribution in [-0.2, 0) is 47.8 Å². The molecule has 7 aliphatic heterocycles. The van der Waals surface area contributed by atoms with Gasteiger partial charge in [0, 0.05) is 48.2 Å². The largest absolute Gasteiger partial charge is 0.390 e. The number of oxime groups is 3. The number of hydrogen-bond donors (Lipinski definition) is 2. The van der Waals surface area contributed by atoms with E-state index in [9.17, 15) is 9.59 Å². The number of carbonyl (C=O) groups is 2. The lowest BCUT2D eigenvalue weighted by Gasteiger charge is -2.22. The molecule has 0 bridgehead atoms. The first-order valence-corrected chi connectivity index (χ1v) is 35.9. The van der Waals surface area contributed by atoms with E-state index in [2.05, 4.69) is 79.6 Å². The lowest BCUT2D eigenvalue weighted by molar-refractivity contribution is -0.148. The van der Waals surface area contributed by atoms with Crippen LogP contribution in [0.1, 0.15) is 193 Å². The van der Waals surface area contributed by atoms with Crippen LogP contribution in [0, 0.1) is 0 Å². The highest BCUT2D eigenvalue weighted by Gasteiger charge is 2.43. The zero-order valence-corrected chi connectivity index (χ0v) is 61.9. The quantitative estimate of drug-likeness (QED) is 0.0145. The van der Waals surface area contributed by atoms with Gasteiger partial charge >= 0.3 is 0 Å². The molecule has 0 saturated carbocycles. The Morgan fingerprint density at radius 1 is 0.528 bits per heavy atom. The number of imidazole rings is 2. The molecule has 106 heavy (non-hydrogen) atoms. The first-order chi connectivity index (χ1) is 51.0.